The predicted octanol–water partition coefficient (Wildman–Crippen LogP) is 0.531. The fraction of sp³-hybridized carbons (Fsp3) is 0.200. The first-order chi connectivity index (χ1) is 7.19. The van der Waals surface area contributed by atoms with E-state index in [0.29, 0.717) is 17.0 Å². The van der Waals surface area contributed by atoms with Crippen molar-refractivity contribution in [2.45, 2.75) is 0 Å². The number of anilines is 1. The minimum absolute atomic E-state index is 0.0354. The second kappa shape index (κ2) is 4.86. The van der Waals surface area contributed by atoms with Crippen molar-refractivity contribution in [2.75, 3.05) is 19.4 Å². The van der Waals surface area contributed by atoms with Crippen LogP contribution in [0.1, 0.15) is 10.4 Å². The minimum Gasteiger partial charge on any atom is -0.496 e. The molecule has 15 heavy (non-hydrogen) atoms. The van der Waals surface area contributed by atoms with E-state index in [4.69, 9.17) is 15.7 Å². The van der Waals surface area contributed by atoms with Crippen LogP contribution in [0, 0.1) is 11.3 Å². The van der Waals surface area contributed by atoms with Crippen LogP contribution in [0.5, 0.6) is 5.75 Å². The molecule has 1 aromatic rings. The van der Waals surface area contributed by atoms with Crippen LogP contribution in [0.25, 0.3) is 0 Å². The van der Waals surface area contributed by atoms with Crippen LogP contribution >= 0.6 is 0 Å². The van der Waals surface area contributed by atoms with Crippen molar-refractivity contribution in [3.05, 3.63) is 23.8 Å². The Bertz CT molecular complexity index is 410. The Morgan fingerprint density at radius 1 is 1.67 bits per heavy atom. The predicted molar refractivity (Wildman–Crippen MR) is 55.4 cm³/mol. The van der Waals surface area contributed by atoms with Crippen LogP contribution in [0.15, 0.2) is 18.2 Å². The molecule has 5 nitrogen and oxygen atoms in total. The third kappa shape index (κ3) is 2.61. The summed E-state index contributed by atoms with van der Waals surface area (Å²) in [5.74, 6) is 0.0406. The highest BCUT2D eigenvalue weighted by Crippen LogP contribution is 2.21. The standard InChI is InChI=1S/C10H11N3O2/c1-15-9-6-7(12)2-3-8(9)10(14)13-5-4-11/h2-3,6H,5,12H2,1H3,(H,13,14). The van der Waals surface area contributed by atoms with Gasteiger partial charge in [-0.2, -0.15) is 5.26 Å². The topological polar surface area (TPSA) is 88.1 Å². The summed E-state index contributed by atoms with van der Waals surface area (Å²) in [5.41, 5.74) is 6.42. The van der Waals surface area contributed by atoms with Crippen LogP contribution in [-0.2, 0) is 0 Å². The van der Waals surface area contributed by atoms with E-state index in [0.717, 1.165) is 0 Å². The molecule has 3 N–H and O–H groups in total. The van der Waals surface area contributed by atoms with Gasteiger partial charge in [0.15, 0.2) is 0 Å². The largest absolute Gasteiger partial charge is 0.496 e. The van der Waals surface area contributed by atoms with Gasteiger partial charge in [0.25, 0.3) is 5.91 Å². The number of methoxy groups -OCH3 is 1. The molecule has 1 amide bonds. The average molecular weight is 205 g/mol. The van der Waals surface area contributed by atoms with Gasteiger partial charge in [-0.25, -0.2) is 0 Å². The Labute approximate surface area is 87.4 Å². The van der Waals surface area contributed by atoms with Gasteiger partial charge in [0.05, 0.1) is 18.7 Å². The van der Waals surface area contributed by atoms with Crippen molar-refractivity contribution in [1.29, 1.82) is 5.26 Å². The number of nitrogen functional groups attached to an aromatic ring is 1. The summed E-state index contributed by atoms with van der Waals surface area (Å²) in [6.45, 7) is -0.0354. The number of nitriles is 1. The number of ether oxygens (including phenoxy) is 1. The molecule has 78 valence electrons. The third-order valence-corrected chi connectivity index (χ3v) is 1.80. The Morgan fingerprint density at radius 2 is 2.40 bits per heavy atom. The lowest BCUT2D eigenvalue weighted by molar-refractivity contribution is 0.0955. The van der Waals surface area contributed by atoms with Crippen LogP contribution in [0.3, 0.4) is 0 Å². The zero-order valence-corrected chi connectivity index (χ0v) is 8.28. The van der Waals surface area contributed by atoms with Gasteiger partial charge in [0.2, 0.25) is 0 Å². The lowest BCUT2D eigenvalue weighted by Crippen LogP contribution is -2.24. The molecular weight excluding hydrogens is 194 g/mol. The van der Waals surface area contributed by atoms with E-state index in [-0.39, 0.29) is 12.5 Å². The first-order valence-corrected chi connectivity index (χ1v) is 4.27. The van der Waals surface area contributed by atoms with Crippen molar-refractivity contribution in [3.63, 3.8) is 0 Å². The van der Waals surface area contributed by atoms with Crippen molar-refractivity contribution < 1.29 is 9.53 Å². The van der Waals surface area contributed by atoms with Gasteiger partial charge in [0.1, 0.15) is 12.3 Å². The second-order valence-corrected chi connectivity index (χ2v) is 2.80. The van der Waals surface area contributed by atoms with Crippen molar-refractivity contribution >= 4 is 11.6 Å². The lowest BCUT2D eigenvalue weighted by Gasteiger charge is -2.08. The number of carbonyl (C=O) groups excluding carboxylic acids is 1. The van der Waals surface area contributed by atoms with E-state index in [9.17, 15) is 4.79 Å². The fourth-order valence-electron chi connectivity index (χ4n) is 1.11. The lowest BCUT2D eigenvalue weighted by atomic mass is 10.1. The second-order valence-electron chi connectivity index (χ2n) is 2.80. The summed E-state index contributed by atoms with van der Waals surface area (Å²) >= 11 is 0. The third-order valence-electron chi connectivity index (χ3n) is 1.80. The van der Waals surface area contributed by atoms with Crippen molar-refractivity contribution in [2.24, 2.45) is 0 Å². The molecule has 0 radical (unpaired) electrons. The molecule has 0 saturated carbocycles. The molecule has 0 aliphatic rings. The Morgan fingerprint density at radius 3 is 3.00 bits per heavy atom. The molecular formula is C10H11N3O2. The SMILES string of the molecule is COc1cc(N)ccc1C(=O)NCC#N. The average Bonchev–Trinajstić information content (AvgIpc) is 2.25. The first-order valence-electron chi connectivity index (χ1n) is 4.27. The van der Waals surface area contributed by atoms with Crippen molar-refractivity contribution in [3.8, 4) is 11.8 Å². The Balaban J connectivity index is 2.93. The normalized spacial score (nSPS) is 9.07. The van der Waals surface area contributed by atoms with E-state index < -0.39 is 0 Å². The number of hydrogen-bond donors (Lipinski definition) is 2. The van der Waals surface area contributed by atoms with Crippen LogP contribution in [0.4, 0.5) is 5.69 Å². The molecule has 0 fully saturated rings. The molecule has 0 aliphatic carbocycles. The van der Waals surface area contributed by atoms with E-state index in [1.807, 2.05) is 6.07 Å². The molecule has 1 aromatic carbocycles. The number of nitrogens with one attached hydrogen (secondary N) is 1. The fourth-order valence-corrected chi connectivity index (χ4v) is 1.11. The summed E-state index contributed by atoms with van der Waals surface area (Å²) in [6, 6.07) is 6.53. The molecule has 0 bridgehead atoms. The van der Waals surface area contributed by atoms with Crippen LogP contribution in [-0.4, -0.2) is 19.6 Å². The number of hydrogen-bond acceptors (Lipinski definition) is 4. The van der Waals surface area contributed by atoms with Gasteiger partial charge in [-0.3, -0.25) is 4.79 Å². The van der Waals surface area contributed by atoms with Crippen LogP contribution < -0.4 is 15.8 Å². The Kier molecular flexibility index (Phi) is 3.52. The summed E-state index contributed by atoms with van der Waals surface area (Å²) in [6.07, 6.45) is 0. The molecule has 1 rings (SSSR count). The summed E-state index contributed by atoms with van der Waals surface area (Å²) in [5, 5.41) is 10.7. The van der Waals surface area contributed by atoms with Gasteiger partial charge >= 0.3 is 0 Å². The minimum atomic E-state index is -0.353. The zero-order chi connectivity index (χ0) is 11.3. The maximum Gasteiger partial charge on any atom is 0.255 e. The van der Waals surface area contributed by atoms with Crippen molar-refractivity contribution in [1.82, 2.24) is 5.32 Å². The number of rotatable bonds is 3. The molecule has 0 unspecified atom stereocenters. The van der Waals surface area contributed by atoms with E-state index in [1.165, 1.54) is 7.11 Å². The quantitative estimate of drug-likeness (QED) is 0.556. The molecule has 5 heteroatoms. The van der Waals surface area contributed by atoms with Crippen LogP contribution in [0.2, 0.25) is 0 Å². The smallest absolute Gasteiger partial charge is 0.255 e. The summed E-state index contributed by atoms with van der Waals surface area (Å²) < 4.78 is 5.00. The highest BCUT2D eigenvalue weighted by atomic mass is 16.5. The summed E-state index contributed by atoms with van der Waals surface area (Å²) in [4.78, 5) is 11.5. The number of nitrogens with zero attached hydrogens (tertiary/aromatic N) is 1. The monoisotopic (exact) mass is 205 g/mol. The number of nitrogens with two attached hydrogens (primary N) is 1. The molecule has 0 saturated heterocycles. The Hall–Kier alpha value is -2.22. The zero-order valence-electron chi connectivity index (χ0n) is 8.28. The van der Waals surface area contributed by atoms with Gasteiger partial charge in [-0.1, -0.05) is 0 Å². The molecule has 0 spiro atoms. The number of benzene rings is 1. The molecule has 0 atom stereocenters. The molecule has 0 heterocycles. The van der Waals surface area contributed by atoms with E-state index in [2.05, 4.69) is 5.32 Å². The highest BCUT2D eigenvalue weighted by molar-refractivity contribution is 5.97. The number of amides is 1. The van der Waals surface area contributed by atoms with E-state index in [1.54, 1.807) is 18.2 Å². The van der Waals surface area contributed by atoms with Gasteiger partial charge in [0, 0.05) is 11.8 Å². The molecule has 0 aromatic heterocycles. The highest BCUT2D eigenvalue weighted by Gasteiger charge is 2.11. The van der Waals surface area contributed by atoms with Gasteiger partial charge in [-0.05, 0) is 12.1 Å². The van der Waals surface area contributed by atoms with Gasteiger partial charge < -0.3 is 15.8 Å². The van der Waals surface area contributed by atoms with Gasteiger partial charge in [-0.15, -0.1) is 0 Å². The first kappa shape index (κ1) is 10.9. The molecule has 0 aliphatic heterocycles. The maximum atomic E-state index is 11.5. The number of carbonyl (C=O) groups is 1. The van der Waals surface area contributed by atoms with E-state index >= 15 is 0 Å². The summed E-state index contributed by atoms with van der Waals surface area (Å²) in [7, 11) is 1.45. The maximum absolute atomic E-state index is 11.5.